The van der Waals surface area contributed by atoms with E-state index in [1.807, 2.05) is 6.92 Å². The van der Waals surface area contributed by atoms with Crippen molar-refractivity contribution in [1.82, 2.24) is 0 Å². The maximum Gasteiger partial charge on any atom is 0.316 e. The van der Waals surface area contributed by atoms with Crippen LogP contribution in [0.15, 0.2) is 60.7 Å². The number of benzene rings is 3. The number of imide groups is 1. The van der Waals surface area contributed by atoms with Gasteiger partial charge in [0.1, 0.15) is 17.1 Å². The molecule has 11 heteroatoms. The number of rotatable bonds is 7. The molecular formula is C28H23N3O8. The second kappa shape index (κ2) is 10.0. The molecule has 0 bridgehead atoms. The molecular weight excluding hydrogens is 506 g/mol. The van der Waals surface area contributed by atoms with Gasteiger partial charge in [-0.15, -0.1) is 0 Å². The molecule has 1 atom stereocenters. The molecule has 3 aromatic carbocycles. The molecule has 2 aliphatic heterocycles. The highest BCUT2D eigenvalue weighted by Crippen LogP contribution is 2.36. The van der Waals surface area contributed by atoms with Gasteiger partial charge >= 0.3 is 5.97 Å². The summed E-state index contributed by atoms with van der Waals surface area (Å²) in [7, 11) is 0. The predicted molar refractivity (Wildman–Crippen MR) is 139 cm³/mol. The summed E-state index contributed by atoms with van der Waals surface area (Å²) in [5.41, 5.74) is 0.559. The topological polar surface area (TPSA) is 136 Å². The lowest BCUT2D eigenvalue weighted by Crippen LogP contribution is -2.30. The first kappa shape index (κ1) is 25.6. The zero-order chi connectivity index (χ0) is 27.8. The quantitative estimate of drug-likeness (QED) is 0.147. The van der Waals surface area contributed by atoms with Gasteiger partial charge in [-0.2, -0.15) is 0 Å². The van der Waals surface area contributed by atoms with E-state index in [-0.39, 0.29) is 41.4 Å². The van der Waals surface area contributed by atoms with Crippen molar-refractivity contribution in [3.05, 3.63) is 87.5 Å². The summed E-state index contributed by atoms with van der Waals surface area (Å²) in [6.45, 7) is 4.19. The van der Waals surface area contributed by atoms with E-state index in [0.29, 0.717) is 23.6 Å². The normalized spacial score (nSPS) is 16.5. The Morgan fingerprint density at radius 2 is 1.74 bits per heavy atom. The highest BCUT2D eigenvalue weighted by Gasteiger charge is 2.42. The van der Waals surface area contributed by atoms with Crippen molar-refractivity contribution in [3.8, 4) is 11.5 Å². The Kier molecular flexibility index (Phi) is 6.57. The number of amides is 3. The molecule has 0 aromatic heterocycles. The van der Waals surface area contributed by atoms with Gasteiger partial charge < -0.3 is 14.4 Å². The minimum atomic E-state index is -0.797. The number of aryl methyl sites for hydroxylation is 1. The van der Waals surface area contributed by atoms with Crippen molar-refractivity contribution in [2.24, 2.45) is 5.92 Å². The fourth-order valence-electron chi connectivity index (χ4n) is 4.78. The van der Waals surface area contributed by atoms with Crippen molar-refractivity contribution in [2.75, 3.05) is 23.0 Å². The average molecular weight is 530 g/mol. The summed E-state index contributed by atoms with van der Waals surface area (Å²) >= 11 is 0. The third kappa shape index (κ3) is 4.58. The number of nitro benzene ring substituents is 1. The number of carbonyl (C=O) groups is 4. The number of anilines is 2. The van der Waals surface area contributed by atoms with Crippen LogP contribution in [0.2, 0.25) is 0 Å². The second-order valence-corrected chi connectivity index (χ2v) is 9.10. The zero-order valence-electron chi connectivity index (χ0n) is 21.1. The molecule has 0 aliphatic carbocycles. The van der Waals surface area contributed by atoms with E-state index in [1.54, 1.807) is 31.2 Å². The third-order valence-corrected chi connectivity index (χ3v) is 6.63. The summed E-state index contributed by atoms with van der Waals surface area (Å²) in [6, 6.07) is 15.3. The Morgan fingerprint density at radius 3 is 2.41 bits per heavy atom. The maximum absolute atomic E-state index is 13.0. The van der Waals surface area contributed by atoms with Crippen LogP contribution in [-0.2, 0) is 9.59 Å². The number of nitrogens with zero attached hydrogens (tertiary/aromatic N) is 3. The summed E-state index contributed by atoms with van der Waals surface area (Å²) in [5, 5.41) is 11.4. The molecule has 39 heavy (non-hydrogen) atoms. The van der Waals surface area contributed by atoms with Crippen LogP contribution in [0.3, 0.4) is 0 Å². The molecule has 198 valence electrons. The number of carbonyl (C=O) groups excluding carboxylic acids is 4. The van der Waals surface area contributed by atoms with E-state index in [0.717, 1.165) is 4.90 Å². The smallest absolute Gasteiger partial charge is 0.316 e. The van der Waals surface area contributed by atoms with Crippen molar-refractivity contribution in [3.63, 3.8) is 0 Å². The van der Waals surface area contributed by atoms with Crippen LogP contribution in [0.25, 0.3) is 0 Å². The Morgan fingerprint density at radius 1 is 1.03 bits per heavy atom. The molecule has 2 heterocycles. The molecule has 0 unspecified atom stereocenters. The number of esters is 1. The van der Waals surface area contributed by atoms with Crippen molar-refractivity contribution in [2.45, 2.75) is 20.3 Å². The molecule has 11 nitrogen and oxygen atoms in total. The van der Waals surface area contributed by atoms with Crippen LogP contribution >= 0.6 is 0 Å². The van der Waals surface area contributed by atoms with Crippen molar-refractivity contribution >= 4 is 40.8 Å². The fraction of sp³-hybridized carbons (Fsp3) is 0.214. The van der Waals surface area contributed by atoms with Gasteiger partial charge in [0, 0.05) is 24.7 Å². The second-order valence-electron chi connectivity index (χ2n) is 9.10. The van der Waals surface area contributed by atoms with E-state index in [2.05, 4.69) is 0 Å². The first-order valence-electron chi connectivity index (χ1n) is 12.2. The van der Waals surface area contributed by atoms with Gasteiger partial charge in [-0.25, -0.2) is 4.90 Å². The lowest BCUT2D eigenvalue weighted by Gasteiger charge is -2.18. The average Bonchev–Trinajstić information content (AvgIpc) is 3.42. The molecule has 1 fully saturated rings. The van der Waals surface area contributed by atoms with Gasteiger partial charge in [-0.05, 0) is 67.9 Å². The van der Waals surface area contributed by atoms with E-state index in [9.17, 15) is 29.3 Å². The number of hydrogen-bond acceptors (Lipinski definition) is 8. The Labute approximate surface area is 222 Å². The molecule has 3 aromatic rings. The molecule has 0 spiro atoms. The third-order valence-electron chi connectivity index (χ3n) is 6.63. The summed E-state index contributed by atoms with van der Waals surface area (Å²) < 4.78 is 11.0. The van der Waals surface area contributed by atoms with Gasteiger partial charge in [-0.3, -0.25) is 29.3 Å². The van der Waals surface area contributed by atoms with Crippen LogP contribution in [0.1, 0.15) is 39.6 Å². The molecule has 5 rings (SSSR count). The molecule has 0 saturated carbocycles. The van der Waals surface area contributed by atoms with Gasteiger partial charge in [0.15, 0.2) is 0 Å². The monoisotopic (exact) mass is 529 g/mol. The molecule has 0 radical (unpaired) electrons. The van der Waals surface area contributed by atoms with E-state index < -0.39 is 34.3 Å². The minimum absolute atomic E-state index is 0.00305. The summed E-state index contributed by atoms with van der Waals surface area (Å²) in [6.07, 6.45) is -0.00305. The lowest BCUT2D eigenvalue weighted by atomic mass is 10.1. The Bertz CT molecular complexity index is 1530. The van der Waals surface area contributed by atoms with Crippen LogP contribution in [0, 0.1) is 23.0 Å². The van der Waals surface area contributed by atoms with Crippen LogP contribution < -0.4 is 19.3 Å². The lowest BCUT2D eigenvalue weighted by molar-refractivity contribution is -0.385. The van der Waals surface area contributed by atoms with Crippen molar-refractivity contribution in [1.29, 1.82) is 0 Å². The van der Waals surface area contributed by atoms with Gasteiger partial charge in [0.05, 0.1) is 28.7 Å². The largest absolute Gasteiger partial charge is 0.494 e. The highest BCUT2D eigenvalue weighted by atomic mass is 16.6. The fourth-order valence-corrected chi connectivity index (χ4v) is 4.78. The predicted octanol–water partition coefficient (Wildman–Crippen LogP) is 4.06. The summed E-state index contributed by atoms with van der Waals surface area (Å²) in [5.74, 6) is -2.08. The van der Waals surface area contributed by atoms with E-state index in [4.69, 9.17) is 9.47 Å². The highest BCUT2D eigenvalue weighted by molar-refractivity contribution is 6.35. The molecule has 2 aliphatic rings. The first-order chi connectivity index (χ1) is 18.7. The van der Waals surface area contributed by atoms with Crippen LogP contribution in [-0.4, -0.2) is 41.8 Å². The number of fused-ring (bicyclic) bond motifs is 1. The zero-order valence-corrected chi connectivity index (χ0v) is 21.1. The molecule has 3 amide bonds. The maximum atomic E-state index is 13.0. The first-order valence-corrected chi connectivity index (χ1v) is 12.2. The molecule has 0 N–H and O–H groups in total. The van der Waals surface area contributed by atoms with Crippen LogP contribution in [0.4, 0.5) is 17.1 Å². The minimum Gasteiger partial charge on any atom is -0.494 e. The van der Waals surface area contributed by atoms with Crippen LogP contribution in [0.5, 0.6) is 11.5 Å². The SMILES string of the molecule is CCOc1ccc(N2C[C@@H](C(=O)Oc3ccc(N4C(=O)c5cccc([N+](=O)[O-])c5C4=O)c(C)c3)CC2=O)cc1. The number of nitro groups is 1. The van der Waals surface area contributed by atoms with Gasteiger partial charge in [-0.1, -0.05) is 6.07 Å². The number of ether oxygens (including phenoxy) is 2. The standard InChI is InChI=1S/C28H23N3O8/c1-3-38-19-9-7-18(8-10-19)29-15-17(14-24(29)32)28(35)39-20-11-12-22(16(2)13-20)30-26(33)21-5-4-6-23(31(36)37)25(21)27(30)34/h4-13,17H,3,14-15H2,1-2H3/t17-/m0/s1. The van der Waals surface area contributed by atoms with E-state index in [1.165, 1.54) is 41.3 Å². The van der Waals surface area contributed by atoms with Crippen molar-refractivity contribution < 1.29 is 33.6 Å². The Balaban J connectivity index is 1.29. The summed E-state index contributed by atoms with van der Waals surface area (Å²) in [4.78, 5) is 64.5. The van der Waals surface area contributed by atoms with E-state index >= 15 is 0 Å². The number of hydrogen-bond donors (Lipinski definition) is 0. The van der Waals surface area contributed by atoms with Gasteiger partial charge in [0.25, 0.3) is 17.5 Å². The Hall–Kier alpha value is -5.06. The molecule has 1 saturated heterocycles. The van der Waals surface area contributed by atoms with Gasteiger partial charge in [0.2, 0.25) is 5.91 Å².